The summed E-state index contributed by atoms with van der Waals surface area (Å²) in [4.78, 5) is 22.2. The number of anilines is 2. The van der Waals surface area contributed by atoms with Crippen LogP contribution in [-0.4, -0.2) is 10.8 Å². The van der Waals surface area contributed by atoms with Crippen molar-refractivity contribution in [3.05, 3.63) is 63.5 Å². The third-order valence-electron chi connectivity index (χ3n) is 2.84. The lowest BCUT2D eigenvalue weighted by molar-refractivity contribution is -0.385. The lowest BCUT2D eigenvalue weighted by Gasteiger charge is -2.08. The summed E-state index contributed by atoms with van der Waals surface area (Å²) in [5, 5.41) is 13.2. The lowest BCUT2D eigenvalue weighted by Crippen LogP contribution is -2.15. The molecule has 0 fully saturated rings. The fraction of sp³-hybridized carbons (Fsp3) is 0.0714. The van der Waals surface area contributed by atoms with Crippen LogP contribution < -0.4 is 11.1 Å². The van der Waals surface area contributed by atoms with E-state index < -0.39 is 16.6 Å². The molecule has 1 amide bonds. The van der Waals surface area contributed by atoms with Crippen molar-refractivity contribution >= 4 is 23.0 Å². The Morgan fingerprint density at radius 3 is 2.67 bits per heavy atom. The molecular weight excluding hydrogens is 277 g/mol. The van der Waals surface area contributed by atoms with Crippen molar-refractivity contribution < 1.29 is 14.1 Å². The lowest BCUT2D eigenvalue weighted by atomic mass is 10.1. The van der Waals surface area contributed by atoms with Gasteiger partial charge >= 0.3 is 0 Å². The van der Waals surface area contributed by atoms with Gasteiger partial charge in [-0.05, 0) is 30.7 Å². The van der Waals surface area contributed by atoms with Crippen LogP contribution in [-0.2, 0) is 0 Å². The van der Waals surface area contributed by atoms with E-state index in [1.165, 1.54) is 13.0 Å². The number of halogens is 1. The Balaban J connectivity index is 2.37. The van der Waals surface area contributed by atoms with Gasteiger partial charge in [0.15, 0.2) is 0 Å². The van der Waals surface area contributed by atoms with E-state index >= 15 is 0 Å². The van der Waals surface area contributed by atoms with Crippen molar-refractivity contribution in [1.82, 2.24) is 0 Å². The van der Waals surface area contributed by atoms with Gasteiger partial charge in [-0.2, -0.15) is 0 Å². The van der Waals surface area contributed by atoms with Gasteiger partial charge in [0.05, 0.1) is 10.5 Å². The topological polar surface area (TPSA) is 98.3 Å². The van der Waals surface area contributed by atoms with Crippen LogP contribution >= 0.6 is 0 Å². The van der Waals surface area contributed by atoms with Gasteiger partial charge in [-0.15, -0.1) is 0 Å². The van der Waals surface area contributed by atoms with Gasteiger partial charge in [-0.25, -0.2) is 4.39 Å². The summed E-state index contributed by atoms with van der Waals surface area (Å²) in [5.74, 6) is -1.56. The highest BCUT2D eigenvalue weighted by atomic mass is 19.1. The summed E-state index contributed by atoms with van der Waals surface area (Å²) < 4.78 is 14.0. The number of nitrogens with one attached hydrogen (secondary N) is 1. The number of benzene rings is 2. The molecule has 0 atom stereocenters. The molecule has 0 aromatic heterocycles. The van der Waals surface area contributed by atoms with E-state index in [1.54, 1.807) is 18.2 Å². The third-order valence-corrected chi connectivity index (χ3v) is 2.84. The maximum absolute atomic E-state index is 14.0. The Bertz CT molecular complexity index is 731. The first kappa shape index (κ1) is 14.4. The number of non-ortho nitro benzene ring substituents is 1. The van der Waals surface area contributed by atoms with Crippen molar-refractivity contribution in [2.75, 3.05) is 11.1 Å². The molecule has 21 heavy (non-hydrogen) atoms. The van der Waals surface area contributed by atoms with Crippen molar-refractivity contribution in [3.63, 3.8) is 0 Å². The fourth-order valence-electron chi connectivity index (χ4n) is 1.84. The second-order valence-electron chi connectivity index (χ2n) is 4.46. The van der Waals surface area contributed by atoms with Crippen LogP contribution in [0.5, 0.6) is 0 Å². The average Bonchev–Trinajstić information content (AvgIpc) is 2.41. The molecule has 2 aromatic carbocycles. The first-order valence-electron chi connectivity index (χ1n) is 6.00. The molecule has 0 bridgehead atoms. The number of nitrogens with two attached hydrogens (primary N) is 1. The zero-order chi connectivity index (χ0) is 15.6. The van der Waals surface area contributed by atoms with Gasteiger partial charge in [0.1, 0.15) is 5.82 Å². The molecule has 0 radical (unpaired) electrons. The van der Waals surface area contributed by atoms with Crippen molar-refractivity contribution in [1.29, 1.82) is 0 Å². The van der Waals surface area contributed by atoms with Crippen LogP contribution in [0.1, 0.15) is 15.9 Å². The van der Waals surface area contributed by atoms with Crippen LogP contribution in [0.25, 0.3) is 0 Å². The molecule has 0 saturated heterocycles. The molecule has 0 spiro atoms. The number of nitrogen functional groups attached to an aromatic ring is 1. The van der Waals surface area contributed by atoms with Crippen LogP contribution in [0.2, 0.25) is 0 Å². The quantitative estimate of drug-likeness (QED) is 0.515. The number of aryl methyl sites for hydroxylation is 1. The Labute approximate surface area is 119 Å². The Hall–Kier alpha value is -2.96. The molecule has 0 aliphatic heterocycles. The molecule has 0 aliphatic rings. The highest BCUT2D eigenvalue weighted by Gasteiger charge is 2.19. The van der Waals surface area contributed by atoms with Gasteiger partial charge in [-0.1, -0.05) is 6.07 Å². The first-order valence-corrected chi connectivity index (χ1v) is 6.00. The SMILES string of the molecule is Cc1cc([N+](=O)[O-])cc(C(=O)Nc2cccc(N)c2)c1F. The van der Waals surface area contributed by atoms with Crippen molar-refractivity contribution in [2.45, 2.75) is 6.92 Å². The maximum Gasteiger partial charge on any atom is 0.270 e. The molecule has 2 aromatic rings. The minimum Gasteiger partial charge on any atom is -0.399 e. The second kappa shape index (κ2) is 5.58. The smallest absolute Gasteiger partial charge is 0.270 e. The number of hydrogen-bond donors (Lipinski definition) is 2. The van der Waals surface area contributed by atoms with E-state index in [9.17, 15) is 19.3 Å². The number of carbonyl (C=O) groups is 1. The summed E-state index contributed by atoms with van der Waals surface area (Å²) in [7, 11) is 0. The maximum atomic E-state index is 14.0. The average molecular weight is 289 g/mol. The second-order valence-corrected chi connectivity index (χ2v) is 4.46. The van der Waals surface area contributed by atoms with E-state index in [1.807, 2.05) is 0 Å². The largest absolute Gasteiger partial charge is 0.399 e. The zero-order valence-corrected chi connectivity index (χ0v) is 11.1. The zero-order valence-electron chi connectivity index (χ0n) is 11.1. The van der Waals surface area contributed by atoms with Crippen LogP contribution in [0.15, 0.2) is 36.4 Å². The summed E-state index contributed by atoms with van der Waals surface area (Å²) >= 11 is 0. The van der Waals surface area contributed by atoms with Crippen LogP contribution in [0.4, 0.5) is 21.5 Å². The number of nitro groups is 1. The van der Waals surface area contributed by atoms with Gasteiger partial charge < -0.3 is 11.1 Å². The van der Waals surface area contributed by atoms with Crippen molar-refractivity contribution in [2.24, 2.45) is 0 Å². The predicted octanol–water partition coefficient (Wildman–Crippen LogP) is 2.88. The molecule has 108 valence electrons. The predicted molar refractivity (Wildman–Crippen MR) is 76.6 cm³/mol. The number of rotatable bonds is 3. The molecule has 3 N–H and O–H groups in total. The van der Waals surface area contributed by atoms with Crippen LogP contribution in [0.3, 0.4) is 0 Å². The number of nitrogens with zero attached hydrogens (tertiary/aromatic N) is 1. The molecule has 0 heterocycles. The Morgan fingerprint density at radius 1 is 1.33 bits per heavy atom. The molecule has 0 unspecified atom stereocenters. The normalized spacial score (nSPS) is 10.2. The molecule has 2 rings (SSSR count). The molecule has 6 nitrogen and oxygen atoms in total. The van der Waals surface area contributed by atoms with Gasteiger partial charge in [0.2, 0.25) is 0 Å². The van der Waals surface area contributed by atoms with Gasteiger partial charge in [-0.3, -0.25) is 14.9 Å². The van der Waals surface area contributed by atoms with Gasteiger partial charge in [0, 0.05) is 23.5 Å². The molecule has 0 saturated carbocycles. The van der Waals surface area contributed by atoms with E-state index in [-0.39, 0.29) is 16.8 Å². The summed E-state index contributed by atoms with van der Waals surface area (Å²) in [6, 6.07) is 8.32. The summed E-state index contributed by atoms with van der Waals surface area (Å²) in [6.07, 6.45) is 0. The van der Waals surface area contributed by atoms with E-state index in [2.05, 4.69) is 5.32 Å². The third kappa shape index (κ3) is 3.14. The minimum atomic E-state index is -0.790. The number of amides is 1. The first-order chi connectivity index (χ1) is 9.88. The van der Waals surface area contributed by atoms with E-state index in [0.29, 0.717) is 11.4 Å². The Kier molecular flexibility index (Phi) is 3.84. The highest BCUT2D eigenvalue weighted by molar-refractivity contribution is 6.05. The van der Waals surface area contributed by atoms with E-state index in [4.69, 9.17) is 5.73 Å². The molecular formula is C14H12FN3O3. The monoisotopic (exact) mass is 289 g/mol. The molecule has 7 heteroatoms. The van der Waals surface area contributed by atoms with E-state index in [0.717, 1.165) is 12.1 Å². The summed E-state index contributed by atoms with van der Waals surface area (Å²) in [5.41, 5.74) is 5.69. The Morgan fingerprint density at radius 2 is 2.05 bits per heavy atom. The number of hydrogen-bond acceptors (Lipinski definition) is 4. The molecule has 0 aliphatic carbocycles. The van der Waals surface area contributed by atoms with Gasteiger partial charge in [0.25, 0.3) is 11.6 Å². The number of carbonyl (C=O) groups excluding carboxylic acids is 1. The summed E-state index contributed by atoms with van der Waals surface area (Å²) in [6.45, 7) is 1.36. The minimum absolute atomic E-state index is 0.0296. The van der Waals surface area contributed by atoms with Crippen LogP contribution in [0, 0.1) is 22.9 Å². The number of nitro benzene ring substituents is 1. The van der Waals surface area contributed by atoms with Crippen molar-refractivity contribution in [3.8, 4) is 0 Å². The standard InChI is InChI=1S/C14H12FN3O3/c1-8-5-11(18(20)21)7-12(13(8)15)14(19)17-10-4-2-3-9(16)6-10/h2-7H,16H2,1H3,(H,17,19). The highest BCUT2D eigenvalue weighted by Crippen LogP contribution is 2.22. The fourth-order valence-corrected chi connectivity index (χ4v) is 1.84.